The van der Waals surface area contributed by atoms with Gasteiger partial charge in [0, 0.05) is 6.54 Å². The lowest BCUT2D eigenvalue weighted by Crippen LogP contribution is -2.39. The Balaban J connectivity index is 1.81. The zero-order chi connectivity index (χ0) is 16.7. The minimum atomic E-state index is -0.505. The van der Waals surface area contributed by atoms with Crippen LogP contribution in [0.15, 0.2) is 53.1 Å². The molecule has 1 heterocycles. The number of carbonyl (C=O) groups is 1. The van der Waals surface area contributed by atoms with Gasteiger partial charge in [-0.1, -0.05) is 30.3 Å². The van der Waals surface area contributed by atoms with Crippen LogP contribution in [-0.2, 0) is 16.1 Å². The first-order chi connectivity index (χ1) is 11.1. The van der Waals surface area contributed by atoms with Gasteiger partial charge < -0.3 is 14.5 Å². The molecular weight excluding hydrogens is 292 g/mol. The molecule has 0 aliphatic carbocycles. The van der Waals surface area contributed by atoms with Crippen LogP contribution in [0.5, 0.6) is 0 Å². The SMILES string of the molecule is C[C@@H](OCc1ccccc1)C(=O)NC[C@H](c1ccco1)N(C)C. The first-order valence-corrected chi connectivity index (χ1v) is 7.71. The molecule has 0 spiro atoms. The van der Waals surface area contributed by atoms with E-state index in [-0.39, 0.29) is 11.9 Å². The van der Waals surface area contributed by atoms with Gasteiger partial charge in [0.15, 0.2) is 0 Å². The van der Waals surface area contributed by atoms with E-state index in [1.165, 1.54) is 0 Å². The zero-order valence-electron chi connectivity index (χ0n) is 13.9. The first-order valence-electron chi connectivity index (χ1n) is 7.71. The number of nitrogens with one attached hydrogen (secondary N) is 1. The van der Waals surface area contributed by atoms with Crippen LogP contribution < -0.4 is 5.32 Å². The number of benzene rings is 1. The van der Waals surface area contributed by atoms with Crippen molar-refractivity contribution in [1.29, 1.82) is 0 Å². The highest BCUT2D eigenvalue weighted by atomic mass is 16.5. The minimum absolute atomic E-state index is 0.00438. The first kappa shape index (κ1) is 17.2. The van der Waals surface area contributed by atoms with Gasteiger partial charge in [0.05, 0.1) is 18.9 Å². The number of hydrogen-bond acceptors (Lipinski definition) is 4. The van der Waals surface area contributed by atoms with Gasteiger partial charge in [-0.25, -0.2) is 0 Å². The zero-order valence-corrected chi connectivity index (χ0v) is 13.9. The molecule has 2 aromatic rings. The Kier molecular flexibility index (Phi) is 6.38. The average molecular weight is 316 g/mol. The Hall–Kier alpha value is -2.11. The summed E-state index contributed by atoms with van der Waals surface area (Å²) in [7, 11) is 3.91. The van der Waals surface area contributed by atoms with Crippen molar-refractivity contribution in [2.75, 3.05) is 20.6 Å². The van der Waals surface area contributed by atoms with Gasteiger partial charge in [-0.3, -0.25) is 9.69 Å². The molecule has 1 N–H and O–H groups in total. The van der Waals surface area contributed by atoms with Gasteiger partial charge in [-0.2, -0.15) is 0 Å². The van der Waals surface area contributed by atoms with E-state index in [0.29, 0.717) is 13.2 Å². The molecule has 124 valence electrons. The molecule has 0 unspecified atom stereocenters. The summed E-state index contributed by atoms with van der Waals surface area (Å²) in [4.78, 5) is 14.2. The highest BCUT2D eigenvalue weighted by Crippen LogP contribution is 2.17. The smallest absolute Gasteiger partial charge is 0.248 e. The summed E-state index contributed by atoms with van der Waals surface area (Å²) in [6.45, 7) is 2.65. The molecule has 0 radical (unpaired) electrons. The topological polar surface area (TPSA) is 54.7 Å². The molecule has 0 saturated heterocycles. The molecule has 0 aliphatic heterocycles. The number of amides is 1. The van der Waals surface area contributed by atoms with Gasteiger partial charge in [-0.15, -0.1) is 0 Å². The number of carbonyl (C=O) groups excluding carboxylic acids is 1. The number of likely N-dealkylation sites (N-methyl/N-ethyl adjacent to an activating group) is 1. The summed E-state index contributed by atoms with van der Waals surface area (Å²) >= 11 is 0. The fraction of sp³-hybridized carbons (Fsp3) is 0.389. The summed E-state index contributed by atoms with van der Waals surface area (Å²) in [5.74, 6) is 0.701. The summed E-state index contributed by atoms with van der Waals surface area (Å²) < 4.78 is 11.1. The Morgan fingerprint density at radius 3 is 2.57 bits per heavy atom. The standard InChI is InChI=1S/C18H24N2O3/c1-14(23-13-15-8-5-4-6-9-15)18(21)19-12-16(20(2)3)17-10-7-11-22-17/h4-11,14,16H,12-13H2,1-3H3,(H,19,21)/t14-,16-/m1/s1. The van der Waals surface area contributed by atoms with Gasteiger partial charge in [0.2, 0.25) is 5.91 Å². The highest BCUT2D eigenvalue weighted by Gasteiger charge is 2.20. The van der Waals surface area contributed by atoms with Crippen molar-refractivity contribution in [2.24, 2.45) is 0 Å². The van der Waals surface area contributed by atoms with Crippen LogP contribution in [0.25, 0.3) is 0 Å². The van der Waals surface area contributed by atoms with Crippen molar-refractivity contribution in [3.05, 3.63) is 60.1 Å². The predicted molar refractivity (Wildman–Crippen MR) is 88.8 cm³/mol. The summed E-state index contributed by atoms with van der Waals surface area (Å²) in [6, 6.07) is 13.6. The molecule has 0 bridgehead atoms. The van der Waals surface area contributed by atoms with Crippen LogP contribution in [0.4, 0.5) is 0 Å². The van der Waals surface area contributed by atoms with Crippen LogP contribution in [0.3, 0.4) is 0 Å². The largest absolute Gasteiger partial charge is 0.468 e. The molecule has 0 saturated carbocycles. The second kappa shape index (κ2) is 8.50. The van der Waals surface area contributed by atoms with Crippen molar-refractivity contribution in [3.63, 3.8) is 0 Å². The molecule has 1 aromatic carbocycles. The van der Waals surface area contributed by atoms with Crippen LogP contribution in [-0.4, -0.2) is 37.6 Å². The van der Waals surface area contributed by atoms with Gasteiger partial charge in [0.25, 0.3) is 0 Å². The average Bonchev–Trinajstić information content (AvgIpc) is 3.07. The maximum absolute atomic E-state index is 12.2. The number of hydrogen-bond donors (Lipinski definition) is 1. The summed E-state index contributed by atoms with van der Waals surface area (Å²) in [5.41, 5.74) is 1.05. The van der Waals surface area contributed by atoms with Gasteiger partial charge in [-0.05, 0) is 38.7 Å². The molecule has 5 heteroatoms. The van der Waals surface area contributed by atoms with E-state index < -0.39 is 6.10 Å². The normalized spacial score (nSPS) is 13.7. The fourth-order valence-corrected chi connectivity index (χ4v) is 2.23. The number of rotatable bonds is 8. The Morgan fingerprint density at radius 2 is 1.96 bits per heavy atom. The third kappa shape index (κ3) is 5.23. The maximum Gasteiger partial charge on any atom is 0.248 e. The second-order valence-electron chi connectivity index (χ2n) is 5.68. The number of furan rings is 1. The quantitative estimate of drug-likeness (QED) is 0.813. The van der Waals surface area contributed by atoms with E-state index in [4.69, 9.17) is 9.15 Å². The summed E-state index contributed by atoms with van der Waals surface area (Å²) in [6.07, 6.45) is 1.13. The lowest BCUT2D eigenvalue weighted by Gasteiger charge is -2.23. The van der Waals surface area contributed by atoms with E-state index in [0.717, 1.165) is 11.3 Å². The monoisotopic (exact) mass is 316 g/mol. The summed E-state index contributed by atoms with van der Waals surface area (Å²) in [5, 5.41) is 2.92. The molecule has 23 heavy (non-hydrogen) atoms. The van der Waals surface area contributed by atoms with E-state index in [9.17, 15) is 4.79 Å². The van der Waals surface area contributed by atoms with E-state index in [1.807, 2.05) is 61.5 Å². The molecule has 0 fully saturated rings. The van der Waals surface area contributed by atoms with Crippen LogP contribution in [0, 0.1) is 0 Å². The Labute approximate surface area is 137 Å². The lowest BCUT2D eigenvalue weighted by atomic mass is 10.2. The Bertz CT molecular complexity index is 582. The molecule has 2 atom stereocenters. The molecule has 5 nitrogen and oxygen atoms in total. The molecule has 1 amide bonds. The fourth-order valence-electron chi connectivity index (χ4n) is 2.23. The van der Waals surface area contributed by atoms with Crippen molar-refractivity contribution in [1.82, 2.24) is 10.2 Å². The van der Waals surface area contributed by atoms with Crippen molar-refractivity contribution in [3.8, 4) is 0 Å². The van der Waals surface area contributed by atoms with Crippen LogP contribution in [0.1, 0.15) is 24.3 Å². The maximum atomic E-state index is 12.2. The van der Waals surface area contributed by atoms with E-state index >= 15 is 0 Å². The third-order valence-corrected chi connectivity index (χ3v) is 3.68. The molecule has 2 rings (SSSR count). The van der Waals surface area contributed by atoms with Crippen LogP contribution >= 0.6 is 0 Å². The van der Waals surface area contributed by atoms with Gasteiger partial charge in [0.1, 0.15) is 11.9 Å². The lowest BCUT2D eigenvalue weighted by molar-refractivity contribution is -0.132. The van der Waals surface area contributed by atoms with Crippen molar-refractivity contribution in [2.45, 2.75) is 25.7 Å². The highest BCUT2D eigenvalue weighted by molar-refractivity contribution is 5.80. The van der Waals surface area contributed by atoms with E-state index in [2.05, 4.69) is 5.32 Å². The van der Waals surface area contributed by atoms with Crippen LogP contribution in [0.2, 0.25) is 0 Å². The van der Waals surface area contributed by atoms with Crippen molar-refractivity contribution < 1.29 is 13.9 Å². The second-order valence-corrected chi connectivity index (χ2v) is 5.68. The third-order valence-electron chi connectivity index (χ3n) is 3.68. The molecular formula is C18H24N2O3. The van der Waals surface area contributed by atoms with E-state index in [1.54, 1.807) is 13.2 Å². The number of ether oxygens (including phenoxy) is 1. The predicted octanol–water partition coefficient (Wildman–Crippen LogP) is 2.60. The minimum Gasteiger partial charge on any atom is -0.468 e. The molecule has 1 aromatic heterocycles. The number of nitrogens with zero attached hydrogens (tertiary/aromatic N) is 1. The molecule has 0 aliphatic rings. The van der Waals surface area contributed by atoms with Crippen molar-refractivity contribution >= 4 is 5.91 Å². The Morgan fingerprint density at radius 1 is 1.22 bits per heavy atom. The van der Waals surface area contributed by atoms with Gasteiger partial charge >= 0.3 is 0 Å².